The van der Waals surface area contributed by atoms with Crippen molar-refractivity contribution in [3.8, 4) is 0 Å². The van der Waals surface area contributed by atoms with E-state index in [9.17, 15) is 10.2 Å². The first-order chi connectivity index (χ1) is 8.76. The summed E-state index contributed by atoms with van der Waals surface area (Å²) in [5, 5.41) is 19.1. The summed E-state index contributed by atoms with van der Waals surface area (Å²) in [7, 11) is 1.45. The van der Waals surface area contributed by atoms with E-state index in [0.717, 1.165) is 5.56 Å². The first-order valence-electron chi connectivity index (χ1n) is 5.89. The van der Waals surface area contributed by atoms with Gasteiger partial charge in [0.1, 0.15) is 18.3 Å². The number of methoxy groups -OCH3 is 1. The molecule has 1 fully saturated rings. The van der Waals surface area contributed by atoms with E-state index >= 15 is 0 Å². The second kappa shape index (κ2) is 6.26. The highest BCUT2D eigenvalue weighted by Crippen LogP contribution is 2.25. The highest BCUT2D eigenvalue weighted by Gasteiger charge is 2.44. The molecule has 1 aromatic carbocycles. The van der Waals surface area contributed by atoms with Crippen molar-refractivity contribution < 1.29 is 24.4 Å². The van der Waals surface area contributed by atoms with Gasteiger partial charge in [-0.1, -0.05) is 30.3 Å². The molecule has 100 valence electrons. The van der Waals surface area contributed by atoms with Gasteiger partial charge in [0.2, 0.25) is 0 Å². The van der Waals surface area contributed by atoms with E-state index in [-0.39, 0.29) is 6.61 Å². The molecule has 0 radical (unpaired) electrons. The maximum Gasteiger partial charge on any atom is 0.186 e. The molecule has 18 heavy (non-hydrogen) atoms. The number of hydrogen-bond donors (Lipinski definition) is 2. The summed E-state index contributed by atoms with van der Waals surface area (Å²) in [5.74, 6) is 0. The van der Waals surface area contributed by atoms with Gasteiger partial charge in [-0.05, 0) is 5.56 Å². The Kier molecular flexibility index (Phi) is 4.68. The third-order valence-electron chi connectivity index (χ3n) is 2.99. The van der Waals surface area contributed by atoms with Crippen molar-refractivity contribution in [3.63, 3.8) is 0 Å². The summed E-state index contributed by atoms with van der Waals surface area (Å²) in [4.78, 5) is 0. The molecule has 0 amide bonds. The van der Waals surface area contributed by atoms with Crippen molar-refractivity contribution in [1.82, 2.24) is 0 Å². The molecule has 1 aromatic rings. The first-order valence-corrected chi connectivity index (χ1v) is 5.89. The number of rotatable bonds is 5. The van der Waals surface area contributed by atoms with Crippen LogP contribution in [0.4, 0.5) is 0 Å². The minimum absolute atomic E-state index is 0.212. The van der Waals surface area contributed by atoms with Crippen molar-refractivity contribution in [2.24, 2.45) is 0 Å². The van der Waals surface area contributed by atoms with Gasteiger partial charge in [0, 0.05) is 7.11 Å². The molecule has 0 aromatic heterocycles. The Bertz CT molecular complexity index is 354. The molecular weight excluding hydrogens is 236 g/mol. The second-order valence-electron chi connectivity index (χ2n) is 4.21. The van der Waals surface area contributed by atoms with Crippen LogP contribution in [0, 0.1) is 0 Å². The lowest BCUT2D eigenvalue weighted by molar-refractivity contribution is -0.153. The molecule has 2 rings (SSSR count). The summed E-state index contributed by atoms with van der Waals surface area (Å²) in [6.07, 6.45) is -2.78. The fourth-order valence-electron chi connectivity index (χ4n) is 2.02. The van der Waals surface area contributed by atoms with Gasteiger partial charge in [-0.15, -0.1) is 0 Å². The zero-order chi connectivity index (χ0) is 13.0. The van der Waals surface area contributed by atoms with Gasteiger partial charge in [-0.3, -0.25) is 0 Å². The molecule has 1 heterocycles. The van der Waals surface area contributed by atoms with Crippen molar-refractivity contribution in [3.05, 3.63) is 35.9 Å². The molecule has 1 aliphatic heterocycles. The average Bonchev–Trinajstić information content (AvgIpc) is 2.73. The minimum Gasteiger partial charge on any atom is -0.394 e. The van der Waals surface area contributed by atoms with E-state index < -0.39 is 24.6 Å². The molecule has 1 saturated heterocycles. The molecule has 4 atom stereocenters. The number of hydrogen-bond acceptors (Lipinski definition) is 5. The fourth-order valence-corrected chi connectivity index (χ4v) is 2.02. The average molecular weight is 254 g/mol. The van der Waals surface area contributed by atoms with Gasteiger partial charge in [0.15, 0.2) is 6.29 Å². The highest BCUT2D eigenvalue weighted by molar-refractivity contribution is 5.13. The largest absolute Gasteiger partial charge is 0.394 e. The molecule has 0 spiro atoms. The van der Waals surface area contributed by atoms with Crippen molar-refractivity contribution in [1.29, 1.82) is 0 Å². The molecule has 0 bridgehead atoms. The van der Waals surface area contributed by atoms with Crippen LogP contribution in [0.25, 0.3) is 0 Å². The maximum atomic E-state index is 9.94. The molecule has 1 aliphatic rings. The lowest BCUT2D eigenvalue weighted by atomic mass is 10.1. The first kappa shape index (κ1) is 13.5. The van der Waals surface area contributed by atoms with Crippen molar-refractivity contribution in [2.45, 2.75) is 31.2 Å². The van der Waals surface area contributed by atoms with Crippen LogP contribution in [0.3, 0.4) is 0 Å². The van der Waals surface area contributed by atoms with Crippen LogP contribution in [0.5, 0.6) is 0 Å². The molecule has 5 nitrogen and oxygen atoms in total. The van der Waals surface area contributed by atoms with Gasteiger partial charge in [-0.2, -0.15) is 0 Å². The Morgan fingerprint density at radius 3 is 2.61 bits per heavy atom. The molecule has 0 aliphatic carbocycles. The molecular formula is C13H18O5. The van der Waals surface area contributed by atoms with E-state index in [2.05, 4.69) is 0 Å². The Morgan fingerprint density at radius 2 is 2.00 bits per heavy atom. The zero-order valence-corrected chi connectivity index (χ0v) is 10.2. The predicted octanol–water partition coefficient (Wildman–Crippen LogP) is 0.296. The van der Waals surface area contributed by atoms with E-state index in [1.54, 1.807) is 0 Å². The smallest absolute Gasteiger partial charge is 0.186 e. The van der Waals surface area contributed by atoms with Crippen LogP contribution in [-0.4, -0.2) is 48.5 Å². The van der Waals surface area contributed by atoms with Crippen LogP contribution in [0.1, 0.15) is 5.56 Å². The van der Waals surface area contributed by atoms with Gasteiger partial charge in [-0.25, -0.2) is 0 Å². The Labute approximate surface area is 106 Å². The summed E-state index contributed by atoms with van der Waals surface area (Å²) < 4.78 is 15.9. The maximum absolute atomic E-state index is 9.94. The van der Waals surface area contributed by atoms with Crippen LogP contribution >= 0.6 is 0 Å². The Hall–Kier alpha value is -0.980. The predicted molar refractivity (Wildman–Crippen MR) is 63.8 cm³/mol. The molecule has 0 saturated carbocycles. The van der Waals surface area contributed by atoms with E-state index in [0.29, 0.717) is 6.61 Å². The van der Waals surface area contributed by atoms with Gasteiger partial charge >= 0.3 is 0 Å². The second-order valence-corrected chi connectivity index (χ2v) is 4.21. The van der Waals surface area contributed by atoms with Crippen LogP contribution in [-0.2, 0) is 20.8 Å². The third kappa shape index (κ3) is 2.88. The summed E-state index contributed by atoms with van der Waals surface area (Å²) >= 11 is 0. The third-order valence-corrected chi connectivity index (χ3v) is 2.99. The van der Waals surface area contributed by atoms with E-state index in [4.69, 9.17) is 14.2 Å². The van der Waals surface area contributed by atoms with E-state index in [1.807, 2.05) is 30.3 Å². The Balaban J connectivity index is 1.95. The summed E-state index contributed by atoms with van der Waals surface area (Å²) in [6, 6.07) is 9.63. The van der Waals surface area contributed by atoms with Crippen molar-refractivity contribution >= 4 is 0 Å². The van der Waals surface area contributed by atoms with Gasteiger partial charge in [0.25, 0.3) is 0 Å². The van der Waals surface area contributed by atoms with Crippen LogP contribution < -0.4 is 0 Å². The standard InChI is InChI=1S/C13H18O5/c1-16-13-11(15)12(10(7-14)18-13)17-8-9-5-3-2-4-6-9/h2-6,10-15H,7-8H2,1H3/t10-,11-,12-,13-/m0/s1. The molecule has 0 unspecified atom stereocenters. The van der Waals surface area contributed by atoms with E-state index in [1.165, 1.54) is 7.11 Å². The monoisotopic (exact) mass is 254 g/mol. The zero-order valence-electron chi connectivity index (χ0n) is 10.2. The normalized spacial score (nSPS) is 31.7. The summed E-state index contributed by atoms with van der Waals surface area (Å²) in [6.45, 7) is 0.148. The lowest BCUT2D eigenvalue weighted by Crippen LogP contribution is -2.36. The van der Waals surface area contributed by atoms with Gasteiger partial charge in [0.05, 0.1) is 13.2 Å². The number of aliphatic hydroxyl groups excluding tert-OH is 2. The quantitative estimate of drug-likeness (QED) is 0.791. The number of benzene rings is 1. The number of aliphatic hydroxyl groups is 2. The number of ether oxygens (including phenoxy) is 3. The Morgan fingerprint density at radius 1 is 1.28 bits per heavy atom. The fraction of sp³-hybridized carbons (Fsp3) is 0.538. The molecule has 2 N–H and O–H groups in total. The summed E-state index contributed by atoms with van der Waals surface area (Å²) in [5.41, 5.74) is 1.00. The SMILES string of the molecule is CO[C@H]1O[C@@H](CO)[C@H](OCc2ccccc2)[C@@H]1O. The highest BCUT2D eigenvalue weighted by atomic mass is 16.7. The lowest BCUT2D eigenvalue weighted by Gasteiger charge is -2.19. The minimum atomic E-state index is -0.893. The van der Waals surface area contributed by atoms with Crippen molar-refractivity contribution in [2.75, 3.05) is 13.7 Å². The van der Waals surface area contributed by atoms with Crippen LogP contribution in [0.15, 0.2) is 30.3 Å². The van der Waals surface area contributed by atoms with Gasteiger partial charge < -0.3 is 24.4 Å². The van der Waals surface area contributed by atoms with Crippen LogP contribution in [0.2, 0.25) is 0 Å². The molecule has 5 heteroatoms. The topological polar surface area (TPSA) is 68.2 Å².